The first-order chi connectivity index (χ1) is 11.7. The van der Waals surface area contributed by atoms with Gasteiger partial charge >= 0.3 is 0 Å². The predicted octanol–water partition coefficient (Wildman–Crippen LogP) is 8.04. The Morgan fingerprint density at radius 1 is 0.667 bits per heavy atom. The molecule has 1 aliphatic rings. The van der Waals surface area contributed by atoms with Crippen LogP contribution in [-0.2, 0) is 0 Å². The van der Waals surface area contributed by atoms with Crippen LogP contribution in [-0.4, -0.2) is 0 Å². The van der Waals surface area contributed by atoms with Crippen LogP contribution in [0.2, 0.25) is 0 Å². The lowest BCUT2D eigenvalue weighted by Crippen LogP contribution is -1.96. The maximum Gasteiger partial charge on any atom is -0.0257 e. The van der Waals surface area contributed by atoms with Crippen molar-refractivity contribution in [3.8, 4) is 0 Å². The fourth-order valence-electron chi connectivity index (χ4n) is 4.03. The molecule has 1 fully saturated rings. The molecule has 2 rings (SSSR count). The standard InChI is InChI=1S/C24H38/c1-21-12-5-3-6-13-22(2)15-11-19-24(18-10-9-14-21)20-23-16-7-4-8-17-23/h4,7-8,16-17,20-22H,3,5-6,9-15,18-19H2,1-2H3. The van der Waals surface area contributed by atoms with Gasteiger partial charge in [0.2, 0.25) is 0 Å². The molecule has 0 bridgehead atoms. The summed E-state index contributed by atoms with van der Waals surface area (Å²) in [4.78, 5) is 0. The van der Waals surface area contributed by atoms with Gasteiger partial charge in [0.15, 0.2) is 0 Å². The van der Waals surface area contributed by atoms with Crippen LogP contribution in [0, 0.1) is 11.8 Å². The summed E-state index contributed by atoms with van der Waals surface area (Å²) >= 11 is 0. The number of hydrogen-bond acceptors (Lipinski definition) is 0. The second-order valence-corrected chi connectivity index (χ2v) is 8.20. The van der Waals surface area contributed by atoms with Gasteiger partial charge in [-0.1, -0.05) is 107 Å². The molecular weight excluding hydrogens is 288 g/mol. The van der Waals surface area contributed by atoms with Crippen molar-refractivity contribution in [1.29, 1.82) is 0 Å². The zero-order valence-corrected chi connectivity index (χ0v) is 16.1. The van der Waals surface area contributed by atoms with E-state index in [0.29, 0.717) is 0 Å². The van der Waals surface area contributed by atoms with Crippen molar-refractivity contribution in [2.45, 2.75) is 90.9 Å². The molecule has 0 heteroatoms. The fourth-order valence-corrected chi connectivity index (χ4v) is 4.03. The van der Waals surface area contributed by atoms with E-state index < -0.39 is 0 Å². The molecule has 2 atom stereocenters. The summed E-state index contributed by atoms with van der Waals surface area (Å²) in [6, 6.07) is 10.9. The highest BCUT2D eigenvalue weighted by atomic mass is 14.1. The van der Waals surface area contributed by atoms with Gasteiger partial charge in [0, 0.05) is 0 Å². The minimum Gasteiger partial charge on any atom is -0.0696 e. The molecule has 0 amide bonds. The summed E-state index contributed by atoms with van der Waals surface area (Å²) in [5.74, 6) is 1.83. The Balaban J connectivity index is 1.94. The van der Waals surface area contributed by atoms with Crippen molar-refractivity contribution in [3.63, 3.8) is 0 Å². The minimum atomic E-state index is 0.908. The fraction of sp³-hybridized carbons (Fsp3) is 0.667. The Morgan fingerprint density at radius 3 is 1.88 bits per heavy atom. The number of hydrogen-bond donors (Lipinski definition) is 0. The zero-order valence-electron chi connectivity index (χ0n) is 16.1. The minimum absolute atomic E-state index is 0.908. The van der Waals surface area contributed by atoms with E-state index in [1.807, 2.05) is 0 Å². The second-order valence-electron chi connectivity index (χ2n) is 8.20. The first kappa shape index (κ1) is 19.3. The number of allylic oxidation sites excluding steroid dienone is 1. The smallest absolute Gasteiger partial charge is 0.0257 e. The molecule has 134 valence electrons. The molecule has 0 N–H and O–H groups in total. The Labute approximate surface area is 150 Å². The Kier molecular flexibility index (Phi) is 9.24. The molecule has 0 aromatic heterocycles. The summed E-state index contributed by atoms with van der Waals surface area (Å²) in [7, 11) is 0. The summed E-state index contributed by atoms with van der Waals surface area (Å²) in [6.07, 6.45) is 19.3. The third-order valence-electron chi connectivity index (χ3n) is 5.70. The van der Waals surface area contributed by atoms with Crippen LogP contribution < -0.4 is 0 Å². The van der Waals surface area contributed by atoms with Gasteiger partial charge in [-0.3, -0.25) is 0 Å². The van der Waals surface area contributed by atoms with Crippen LogP contribution in [0.5, 0.6) is 0 Å². The molecule has 1 aromatic carbocycles. The van der Waals surface area contributed by atoms with Crippen molar-refractivity contribution >= 4 is 6.08 Å². The molecule has 0 heterocycles. The van der Waals surface area contributed by atoms with E-state index >= 15 is 0 Å². The maximum atomic E-state index is 2.46. The average Bonchev–Trinajstić information content (AvgIpc) is 2.59. The van der Waals surface area contributed by atoms with Gasteiger partial charge in [-0.2, -0.15) is 0 Å². The maximum absolute atomic E-state index is 2.46. The third kappa shape index (κ3) is 8.18. The largest absolute Gasteiger partial charge is 0.0696 e. The SMILES string of the molecule is CC1CCCCCC(C)CCCC(=Cc2ccccc2)CCCC1. The van der Waals surface area contributed by atoms with Crippen LogP contribution in [0.1, 0.15) is 96.5 Å². The van der Waals surface area contributed by atoms with Gasteiger partial charge in [0.1, 0.15) is 0 Å². The monoisotopic (exact) mass is 326 g/mol. The Morgan fingerprint density at radius 2 is 1.21 bits per heavy atom. The van der Waals surface area contributed by atoms with E-state index in [0.717, 1.165) is 11.8 Å². The normalized spacial score (nSPS) is 27.3. The average molecular weight is 327 g/mol. The number of benzene rings is 1. The molecule has 0 nitrogen and oxygen atoms in total. The summed E-state index contributed by atoms with van der Waals surface area (Å²) in [5, 5.41) is 0. The number of rotatable bonds is 1. The molecular formula is C24H38. The highest BCUT2D eigenvalue weighted by Gasteiger charge is 2.07. The van der Waals surface area contributed by atoms with Gasteiger partial charge in [0.05, 0.1) is 0 Å². The first-order valence-corrected chi connectivity index (χ1v) is 10.5. The highest BCUT2D eigenvalue weighted by molar-refractivity contribution is 5.52. The zero-order chi connectivity index (χ0) is 17.0. The first-order valence-electron chi connectivity index (χ1n) is 10.5. The molecule has 0 spiro atoms. The molecule has 1 aliphatic carbocycles. The van der Waals surface area contributed by atoms with Crippen LogP contribution in [0.15, 0.2) is 35.9 Å². The molecule has 2 unspecified atom stereocenters. The molecule has 1 aromatic rings. The van der Waals surface area contributed by atoms with Gasteiger partial charge in [-0.05, 0) is 43.1 Å². The Hall–Kier alpha value is -1.04. The summed E-state index contributed by atoms with van der Waals surface area (Å²) < 4.78 is 0. The lowest BCUT2D eigenvalue weighted by Gasteiger charge is -2.12. The lowest BCUT2D eigenvalue weighted by atomic mass is 9.94. The molecule has 0 aliphatic heterocycles. The van der Waals surface area contributed by atoms with E-state index in [1.54, 1.807) is 5.57 Å². The Bertz CT molecular complexity index is 456. The van der Waals surface area contributed by atoms with E-state index in [2.05, 4.69) is 50.3 Å². The van der Waals surface area contributed by atoms with E-state index in [-0.39, 0.29) is 0 Å². The lowest BCUT2D eigenvalue weighted by molar-refractivity contribution is 0.419. The van der Waals surface area contributed by atoms with Crippen molar-refractivity contribution < 1.29 is 0 Å². The van der Waals surface area contributed by atoms with Crippen molar-refractivity contribution in [1.82, 2.24) is 0 Å². The van der Waals surface area contributed by atoms with Crippen LogP contribution >= 0.6 is 0 Å². The second kappa shape index (κ2) is 11.5. The van der Waals surface area contributed by atoms with E-state index in [9.17, 15) is 0 Å². The van der Waals surface area contributed by atoms with E-state index in [4.69, 9.17) is 0 Å². The summed E-state index contributed by atoms with van der Waals surface area (Å²) in [6.45, 7) is 4.92. The topological polar surface area (TPSA) is 0 Å². The van der Waals surface area contributed by atoms with Crippen LogP contribution in [0.4, 0.5) is 0 Å². The van der Waals surface area contributed by atoms with E-state index in [1.165, 1.54) is 82.6 Å². The molecule has 0 radical (unpaired) electrons. The van der Waals surface area contributed by atoms with Gasteiger partial charge < -0.3 is 0 Å². The van der Waals surface area contributed by atoms with Crippen molar-refractivity contribution in [2.24, 2.45) is 11.8 Å². The van der Waals surface area contributed by atoms with Crippen LogP contribution in [0.3, 0.4) is 0 Å². The molecule has 0 saturated heterocycles. The quantitative estimate of drug-likeness (QED) is 0.490. The highest BCUT2D eigenvalue weighted by Crippen LogP contribution is 2.25. The molecule has 24 heavy (non-hydrogen) atoms. The summed E-state index contributed by atoms with van der Waals surface area (Å²) in [5.41, 5.74) is 3.06. The third-order valence-corrected chi connectivity index (χ3v) is 5.70. The van der Waals surface area contributed by atoms with Crippen LogP contribution in [0.25, 0.3) is 6.08 Å². The van der Waals surface area contributed by atoms with Gasteiger partial charge in [-0.25, -0.2) is 0 Å². The predicted molar refractivity (Wildman–Crippen MR) is 108 cm³/mol. The van der Waals surface area contributed by atoms with Crippen molar-refractivity contribution in [2.75, 3.05) is 0 Å². The van der Waals surface area contributed by atoms with Gasteiger partial charge in [0.25, 0.3) is 0 Å². The van der Waals surface area contributed by atoms with Gasteiger partial charge in [-0.15, -0.1) is 0 Å². The molecule has 1 saturated carbocycles. The van der Waals surface area contributed by atoms with Crippen molar-refractivity contribution in [3.05, 3.63) is 41.5 Å².